The van der Waals surface area contributed by atoms with Gasteiger partial charge in [0.2, 0.25) is 0 Å². The lowest BCUT2D eigenvalue weighted by atomic mass is 9.61. The van der Waals surface area contributed by atoms with E-state index in [-0.39, 0.29) is 16.0 Å². The number of hydrogen-bond donors (Lipinski definition) is 0. The molecule has 0 spiro atoms. The van der Waals surface area contributed by atoms with E-state index < -0.39 is 8.07 Å². The number of rotatable bonds is 5. The van der Waals surface area contributed by atoms with Gasteiger partial charge in [0.25, 0.3) is 0 Å². The molecule has 2 nitrogen and oxygen atoms in total. The Hall–Kier alpha value is -5.38. The zero-order valence-corrected chi connectivity index (χ0v) is 33.8. The van der Waals surface area contributed by atoms with Crippen molar-refractivity contribution in [3.8, 4) is 5.69 Å². The van der Waals surface area contributed by atoms with E-state index in [9.17, 15) is 0 Å². The van der Waals surface area contributed by atoms with Crippen LogP contribution < -0.4 is 20.5 Å². The van der Waals surface area contributed by atoms with Gasteiger partial charge in [-0.1, -0.05) is 174 Å². The van der Waals surface area contributed by atoms with Crippen molar-refractivity contribution < 1.29 is 0 Å². The molecule has 7 aromatic carbocycles. The standard InChI is InChI=1S/C52H50N2Si/c1-50(2,3)55(39-23-8-6-9-24-39,40-25-10-7-11-26-40)41-27-20-22-38(36-41)53-45-31-16-14-29-43(45)48-47(53)35-37-21-12-13-28-42(37)49(48)54-46-32-17-15-30-44(46)51(4)33-18-19-34-52(51,54)5/h6-17,20-32,35-36H,18-19,33-34H2,1-5H3. The highest BCUT2D eigenvalue weighted by Crippen LogP contribution is 2.62. The maximum absolute atomic E-state index is 2.81. The molecule has 10 rings (SSSR count). The van der Waals surface area contributed by atoms with Crippen LogP contribution in [-0.4, -0.2) is 18.2 Å². The minimum absolute atomic E-state index is 0.0102. The van der Waals surface area contributed by atoms with Gasteiger partial charge in [0.15, 0.2) is 8.07 Å². The molecular weight excluding hydrogens is 681 g/mol. The first-order chi connectivity index (χ1) is 26.7. The average molecular weight is 731 g/mol. The summed E-state index contributed by atoms with van der Waals surface area (Å²) in [5.74, 6) is 0. The van der Waals surface area contributed by atoms with E-state index >= 15 is 0 Å². The summed E-state index contributed by atoms with van der Waals surface area (Å²) in [6.07, 6.45) is 4.91. The zero-order chi connectivity index (χ0) is 37.6. The summed E-state index contributed by atoms with van der Waals surface area (Å²) in [5, 5.41) is 9.56. The highest BCUT2D eigenvalue weighted by molar-refractivity contribution is 7.13. The topological polar surface area (TPSA) is 8.17 Å². The van der Waals surface area contributed by atoms with E-state index in [2.05, 4.69) is 208 Å². The number of nitrogens with zero attached hydrogens (tertiary/aromatic N) is 2. The summed E-state index contributed by atoms with van der Waals surface area (Å²) in [6, 6.07) is 62.4. The SMILES string of the molecule is CC12CCCCC1(C)N(c1c3ccccc3cc3c1c1ccccc1n3-c1cccc([Si](c3ccccc3)(c3ccccc3)C(C)(C)C)c1)c1ccccc12. The molecule has 1 aliphatic heterocycles. The fourth-order valence-electron chi connectivity index (χ4n) is 11.4. The molecule has 2 atom stereocenters. The van der Waals surface area contributed by atoms with Crippen LogP contribution >= 0.6 is 0 Å². The van der Waals surface area contributed by atoms with Gasteiger partial charge in [-0.05, 0) is 81.6 Å². The number of hydrogen-bond acceptors (Lipinski definition) is 1. The van der Waals surface area contributed by atoms with Gasteiger partial charge >= 0.3 is 0 Å². The van der Waals surface area contributed by atoms with Crippen LogP contribution in [0.3, 0.4) is 0 Å². The van der Waals surface area contributed by atoms with Crippen LogP contribution in [-0.2, 0) is 5.41 Å². The molecule has 0 radical (unpaired) electrons. The molecule has 272 valence electrons. The second kappa shape index (κ2) is 12.3. The largest absolute Gasteiger partial charge is 0.333 e. The lowest BCUT2D eigenvalue weighted by Crippen LogP contribution is -2.72. The third kappa shape index (κ3) is 4.66. The minimum atomic E-state index is -2.58. The third-order valence-electron chi connectivity index (χ3n) is 14.0. The summed E-state index contributed by atoms with van der Waals surface area (Å²) in [4.78, 5) is 2.81. The quantitative estimate of drug-likeness (QED) is 0.126. The van der Waals surface area contributed by atoms with Gasteiger partial charge in [-0.2, -0.15) is 0 Å². The molecule has 55 heavy (non-hydrogen) atoms. The first-order valence-electron chi connectivity index (χ1n) is 20.3. The Morgan fingerprint density at radius 2 is 1.15 bits per heavy atom. The maximum Gasteiger partial charge on any atom is 0.153 e. The highest BCUT2D eigenvalue weighted by atomic mass is 28.3. The summed E-state index contributed by atoms with van der Waals surface area (Å²) in [5.41, 5.74) is 7.96. The van der Waals surface area contributed by atoms with Gasteiger partial charge in [-0.15, -0.1) is 0 Å². The molecule has 1 aliphatic carbocycles. The van der Waals surface area contributed by atoms with Gasteiger partial charge < -0.3 is 9.47 Å². The summed E-state index contributed by atoms with van der Waals surface area (Å²) in [7, 11) is -2.58. The summed E-state index contributed by atoms with van der Waals surface area (Å²) in [6.45, 7) is 12.5. The molecule has 0 bridgehead atoms. The molecule has 0 saturated heterocycles. The molecule has 2 heterocycles. The lowest BCUT2D eigenvalue weighted by Gasteiger charge is -2.50. The van der Waals surface area contributed by atoms with Gasteiger partial charge in [-0.25, -0.2) is 0 Å². The Balaban J connectivity index is 1.31. The Kier molecular flexibility index (Phi) is 7.64. The van der Waals surface area contributed by atoms with Gasteiger partial charge in [0.1, 0.15) is 0 Å². The normalized spacial score (nSPS) is 19.9. The van der Waals surface area contributed by atoms with Gasteiger partial charge in [-0.3, -0.25) is 0 Å². The van der Waals surface area contributed by atoms with E-state index in [1.165, 1.54) is 96.4 Å². The minimum Gasteiger partial charge on any atom is -0.333 e. The molecule has 1 fully saturated rings. The van der Waals surface area contributed by atoms with Crippen molar-refractivity contribution in [3.05, 3.63) is 169 Å². The molecule has 2 unspecified atom stereocenters. The van der Waals surface area contributed by atoms with E-state index in [1.807, 2.05) is 0 Å². The number of benzene rings is 7. The van der Waals surface area contributed by atoms with Crippen molar-refractivity contribution in [2.45, 2.75) is 76.3 Å². The van der Waals surface area contributed by atoms with Crippen LogP contribution in [0, 0.1) is 0 Å². The molecule has 1 saturated carbocycles. The fourth-order valence-corrected chi connectivity index (χ4v) is 17.1. The number of para-hydroxylation sites is 2. The van der Waals surface area contributed by atoms with Crippen molar-refractivity contribution in [2.75, 3.05) is 4.90 Å². The molecule has 3 heteroatoms. The predicted molar refractivity (Wildman–Crippen MR) is 238 cm³/mol. The molecule has 8 aromatic rings. The summed E-state index contributed by atoms with van der Waals surface area (Å²) >= 11 is 0. The van der Waals surface area contributed by atoms with Crippen LogP contribution in [0.4, 0.5) is 11.4 Å². The predicted octanol–water partition coefficient (Wildman–Crippen LogP) is 11.9. The fraction of sp³-hybridized carbons (Fsp3) is 0.231. The van der Waals surface area contributed by atoms with Crippen LogP contribution in [0.2, 0.25) is 5.04 Å². The maximum atomic E-state index is 2.81. The third-order valence-corrected chi connectivity index (χ3v) is 19.8. The van der Waals surface area contributed by atoms with Crippen LogP contribution in [0.15, 0.2) is 164 Å². The lowest BCUT2D eigenvalue weighted by molar-refractivity contribution is 0.195. The highest BCUT2D eigenvalue weighted by Gasteiger charge is 2.58. The monoisotopic (exact) mass is 730 g/mol. The number of anilines is 2. The Bertz CT molecular complexity index is 2700. The first kappa shape index (κ1) is 34.1. The van der Waals surface area contributed by atoms with Crippen LogP contribution in [0.1, 0.15) is 65.9 Å². The van der Waals surface area contributed by atoms with Crippen molar-refractivity contribution >= 4 is 67.6 Å². The van der Waals surface area contributed by atoms with Crippen molar-refractivity contribution in [2.24, 2.45) is 0 Å². The smallest absolute Gasteiger partial charge is 0.153 e. The van der Waals surface area contributed by atoms with E-state index in [4.69, 9.17) is 0 Å². The van der Waals surface area contributed by atoms with Crippen molar-refractivity contribution in [1.29, 1.82) is 0 Å². The van der Waals surface area contributed by atoms with Crippen LogP contribution in [0.25, 0.3) is 38.3 Å². The van der Waals surface area contributed by atoms with E-state index in [1.54, 1.807) is 0 Å². The zero-order valence-electron chi connectivity index (χ0n) is 32.8. The van der Waals surface area contributed by atoms with E-state index in [0.717, 1.165) is 0 Å². The van der Waals surface area contributed by atoms with Crippen LogP contribution in [0.5, 0.6) is 0 Å². The average Bonchev–Trinajstić information content (AvgIpc) is 3.64. The molecule has 1 aromatic heterocycles. The van der Waals surface area contributed by atoms with E-state index in [0.29, 0.717) is 0 Å². The van der Waals surface area contributed by atoms with Gasteiger partial charge in [0.05, 0.1) is 22.3 Å². The molecule has 0 N–H and O–H groups in total. The van der Waals surface area contributed by atoms with Gasteiger partial charge in [0, 0.05) is 32.9 Å². The Morgan fingerprint density at radius 1 is 0.545 bits per heavy atom. The molecule has 0 amide bonds. The molecule has 2 aliphatic rings. The Labute approximate surface area is 327 Å². The second-order valence-corrected chi connectivity index (χ2v) is 22.4. The first-order valence-corrected chi connectivity index (χ1v) is 22.3. The molecular formula is C52H50N2Si. The second-order valence-electron chi connectivity index (χ2n) is 17.6. The number of aromatic nitrogens is 1. The summed E-state index contributed by atoms with van der Waals surface area (Å²) < 4.78 is 2.58. The number of fused-ring (bicyclic) bond motifs is 7. The Morgan fingerprint density at radius 3 is 1.87 bits per heavy atom. The van der Waals surface area contributed by atoms with Crippen molar-refractivity contribution in [1.82, 2.24) is 4.57 Å². The van der Waals surface area contributed by atoms with Crippen molar-refractivity contribution in [3.63, 3.8) is 0 Å².